The molecule has 0 spiro atoms. The lowest BCUT2D eigenvalue weighted by Crippen LogP contribution is -2.17. The number of carbonyl (C=O) groups is 1. The van der Waals surface area contributed by atoms with E-state index in [1.54, 1.807) is 19.2 Å². The second kappa shape index (κ2) is 10.8. The Morgan fingerprint density at radius 2 is 1.71 bits per heavy atom. The fourth-order valence-corrected chi connectivity index (χ4v) is 4.19. The predicted octanol–water partition coefficient (Wildman–Crippen LogP) is 6.03. The van der Waals surface area contributed by atoms with Gasteiger partial charge < -0.3 is 14.6 Å². The van der Waals surface area contributed by atoms with Crippen LogP contribution in [-0.2, 0) is 6.61 Å². The molecule has 0 heterocycles. The summed E-state index contributed by atoms with van der Waals surface area (Å²) in [6.45, 7) is 0.408. The number of nitrogens with one attached hydrogen (secondary N) is 1. The van der Waals surface area contributed by atoms with Gasteiger partial charge in [-0.05, 0) is 77.6 Å². The Labute approximate surface area is 204 Å². The van der Waals surface area contributed by atoms with Crippen LogP contribution in [0.4, 0.5) is 0 Å². The zero-order valence-corrected chi connectivity index (χ0v) is 21.0. The van der Waals surface area contributed by atoms with Crippen LogP contribution in [0.15, 0.2) is 73.1 Å². The van der Waals surface area contributed by atoms with Crippen molar-refractivity contribution < 1.29 is 19.4 Å². The molecule has 6 nitrogen and oxygen atoms in total. The van der Waals surface area contributed by atoms with E-state index in [4.69, 9.17) is 9.47 Å². The number of hydrogen-bond donors (Lipinski definition) is 2. The molecule has 0 aliphatic rings. The van der Waals surface area contributed by atoms with Crippen LogP contribution in [0, 0.1) is 0 Å². The number of rotatable bonds is 7. The van der Waals surface area contributed by atoms with Crippen LogP contribution in [0.25, 0.3) is 0 Å². The molecule has 3 aromatic carbocycles. The van der Waals surface area contributed by atoms with E-state index >= 15 is 0 Å². The van der Waals surface area contributed by atoms with Crippen molar-refractivity contribution in [2.75, 3.05) is 7.11 Å². The summed E-state index contributed by atoms with van der Waals surface area (Å²) in [6.07, 6.45) is 1.50. The number of amides is 1. The maximum absolute atomic E-state index is 12.3. The Morgan fingerprint density at radius 3 is 2.35 bits per heavy atom. The molecule has 3 aromatic rings. The average molecular weight is 613 g/mol. The topological polar surface area (TPSA) is 80.2 Å². The minimum Gasteiger partial charge on any atom is -0.506 e. The number of ether oxygens (including phenoxy) is 2. The Morgan fingerprint density at radius 1 is 1.03 bits per heavy atom. The number of hydrazone groups is 1. The third-order valence-electron chi connectivity index (χ3n) is 4.17. The first-order chi connectivity index (χ1) is 14.9. The number of phenols is 1. The summed E-state index contributed by atoms with van der Waals surface area (Å²) in [4.78, 5) is 12.3. The fourth-order valence-electron chi connectivity index (χ4n) is 2.58. The van der Waals surface area contributed by atoms with Gasteiger partial charge in [-0.3, -0.25) is 4.79 Å². The maximum atomic E-state index is 12.3. The van der Waals surface area contributed by atoms with Gasteiger partial charge in [-0.1, -0.05) is 30.3 Å². The van der Waals surface area contributed by atoms with E-state index < -0.39 is 5.91 Å². The molecule has 0 aliphatic heterocycles. The molecule has 0 bridgehead atoms. The van der Waals surface area contributed by atoms with Crippen molar-refractivity contribution in [3.8, 4) is 17.2 Å². The van der Waals surface area contributed by atoms with Crippen LogP contribution in [0.5, 0.6) is 17.2 Å². The third kappa shape index (κ3) is 6.09. The summed E-state index contributed by atoms with van der Waals surface area (Å²) in [6, 6.07) is 16.4. The summed E-state index contributed by atoms with van der Waals surface area (Å²) in [5.74, 6) is 0.714. The summed E-state index contributed by atoms with van der Waals surface area (Å²) in [5.41, 5.74) is 4.53. The highest BCUT2D eigenvalue weighted by molar-refractivity contribution is 9.11. The molecule has 3 rings (SSSR count). The number of halogens is 3. The number of hydrogen-bond acceptors (Lipinski definition) is 5. The lowest BCUT2D eigenvalue weighted by Gasteiger charge is -2.12. The van der Waals surface area contributed by atoms with Crippen LogP contribution in [0.3, 0.4) is 0 Å². The zero-order valence-electron chi connectivity index (χ0n) is 16.2. The normalized spacial score (nSPS) is 10.8. The number of carbonyl (C=O) groups excluding carboxylic acids is 1. The predicted molar refractivity (Wildman–Crippen MR) is 130 cm³/mol. The molecular weight excluding hydrogens is 596 g/mol. The van der Waals surface area contributed by atoms with Gasteiger partial charge in [0.25, 0.3) is 5.91 Å². The van der Waals surface area contributed by atoms with Gasteiger partial charge in [0.1, 0.15) is 12.4 Å². The monoisotopic (exact) mass is 610 g/mol. The van der Waals surface area contributed by atoms with Crippen molar-refractivity contribution in [2.24, 2.45) is 5.10 Å². The largest absolute Gasteiger partial charge is 0.506 e. The summed E-state index contributed by atoms with van der Waals surface area (Å²) >= 11 is 9.90. The van der Waals surface area contributed by atoms with E-state index in [9.17, 15) is 9.90 Å². The molecule has 31 heavy (non-hydrogen) atoms. The van der Waals surface area contributed by atoms with E-state index in [0.717, 1.165) is 10.0 Å². The van der Waals surface area contributed by atoms with E-state index in [2.05, 4.69) is 58.3 Å². The number of benzene rings is 3. The maximum Gasteiger partial charge on any atom is 0.271 e. The number of phenolic OH excluding ortho intramolecular Hbond substituents is 1. The molecular formula is C22H17Br3N2O4. The van der Waals surface area contributed by atoms with E-state index in [1.807, 2.05) is 30.3 Å². The summed E-state index contributed by atoms with van der Waals surface area (Å²) in [7, 11) is 1.56. The molecule has 9 heteroatoms. The first-order valence-corrected chi connectivity index (χ1v) is 11.3. The highest BCUT2D eigenvalue weighted by atomic mass is 79.9. The molecule has 0 radical (unpaired) electrons. The molecule has 0 aliphatic carbocycles. The van der Waals surface area contributed by atoms with Crippen LogP contribution < -0.4 is 14.9 Å². The van der Waals surface area contributed by atoms with Gasteiger partial charge in [0.2, 0.25) is 0 Å². The molecule has 0 saturated heterocycles. The third-order valence-corrected chi connectivity index (χ3v) is 6.06. The first kappa shape index (κ1) is 23.3. The van der Waals surface area contributed by atoms with E-state index in [1.165, 1.54) is 18.3 Å². The highest BCUT2D eigenvalue weighted by Crippen LogP contribution is 2.34. The minimum absolute atomic E-state index is 0.0191. The minimum atomic E-state index is -0.427. The van der Waals surface area contributed by atoms with Gasteiger partial charge in [0.15, 0.2) is 11.5 Å². The number of methoxy groups -OCH3 is 1. The van der Waals surface area contributed by atoms with Gasteiger partial charge in [-0.15, -0.1) is 0 Å². The second-order valence-electron chi connectivity index (χ2n) is 6.29. The van der Waals surface area contributed by atoms with Crippen LogP contribution >= 0.6 is 47.8 Å². The number of nitrogens with zero attached hydrogens (tertiary/aromatic N) is 1. The Kier molecular flexibility index (Phi) is 8.11. The number of aromatic hydroxyl groups is 1. The van der Waals surface area contributed by atoms with Crippen molar-refractivity contribution >= 4 is 59.9 Å². The molecule has 0 atom stereocenters. The zero-order chi connectivity index (χ0) is 22.4. The van der Waals surface area contributed by atoms with Crippen LogP contribution in [0.2, 0.25) is 0 Å². The highest BCUT2D eigenvalue weighted by Gasteiger charge is 2.12. The van der Waals surface area contributed by atoms with Gasteiger partial charge in [0.05, 0.1) is 22.3 Å². The van der Waals surface area contributed by atoms with Crippen molar-refractivity contribution in [2.45, 2.75) is 6.61 Å². The Balaban J connectivity index is 1.71. The SMILES string of the molecule is COc1cc(/C=N\NC(=O)c2cc(Br)c(O)c(Br)c2)c(Br)cc1OCc1ccccc1. The van der Waals surface area contributed by atoms with Crippen LogP contribution in [-0.4, -0.2) is 24.3 Å². The molecule has 2 N–H and O–H groups in total. The van der Waals surface area contributed by atoms with E-state index in [-0.39, 0.29) is 5.75 Å². The molecule has 0 aromatic heterocycles. The standard InChI is InChI=1S/C22H17Br3N2O4/c1-30-19-9-15(16(23)10-20(19)31-12-13-5-3-2-4-6-13)11-26-27-22(29)14-7-17(24)21(28)18(25)8-14/h2-11,28H,12H2,1H3,(H,27,29)/b26-11-. The molecule has 0 fully saturated rings. The molecule has 0 unspecified atom stereocenters. The summed E-state index contributed by atoms with van der Waals surface area (Å²) in [5, 5.41) is 13.8. The Hall–Kier alpha value is -2.36. The summed E-state index contributed by atoms with van der Waals surface area (Å²) < 4.78 is 12.8. The van der Waals surface area contributed by atoms with Gasteiger partial charge in [-0.25, -0.2) is 5.43 Å². The first-order valence-electron chi connectivity index (χ1n) is 8.94. The quantitative estimate of drug-likeness (QED) is 0.252. The van der Waals surface area contributed by atoms with Gasteiger partial charge >= 0.3 is 0 Å². The fraction of sp³-hybridized carbons (Fsp3) is 0.0909. The molecule has 160 valence electrons. The van der Waals surface area contributed by atoms with E-state index in [0.29, 0.717) is 38.2 Å². The lowest BCUT2D eigenvalue weighted by atomic mass is 10.2. The van der Waals surface area contributed by atoms with Crippen molar-refractivity contribution in [1.29, 1.82) is 0 Å². The lowest BCUT2D eigenvalue weighted by molar-refractivity contribution is 0.0955. The van der Waals surface area contributed by atoms with Crippen LogP contribution in [0.1, 0.15) is 21.5 Å². The van der Waals surface area contributed by atoms with Crippen molar-refractivity contribution in [3.05, 3.63) is 84.7 Å². The second-order valence-corrected chi connectivity index (χ2v) is 8.85. The smallest absolute Gasteiger partial charge is 0.271 e. The Bertz CT molecular complexity index is 1100. The molecule has 0 saturated carbocycles. The molecule has 1 amide bonds. The van der Waals surface area contributed by atoms with Crippen molar-refractivity contribution in [1.82, 2.24) is 5.43 Å². The van der Waals surface area contributed by atoms with Gasteiger partial charge in [0, 0.05) is 15.6 Å². The van der Waals surface area contributed by atoms with Gasteiger partial charge in [-0.2, -0.15) is 5.10 Å². The average Bonchev–Trinajstić information content (AvgIpc) is 2.77. The van der Waals surface area contributed by atoms with Crippen molar-refractivity contribution in [3.63, 3.8) is 0 Å².